The van der Waals surface area contributed by atoms with Crippen molar-refractivity contribution in [3.63, 3.8) is 0 Å². The second-order valence-corrected chi connectivity index (χ2v) is 6.49. The van der Waals surface area contributed by atoms with Gasteiger partial charge >= 0.3 is 5.97 Å². The van der Waals surface area contributed by atoms with Gasteiger partial charge in [0.2, 0.25) is 0 Å². The first-order valence-corrected chi connectivity index (χ1v) is 8.31. The predicted octanol–water partition coefficient (Wildman–Crippen LogP) is 2.96. The number of carboxylic acids is 1. The second kappa shape index (κ2) is 6.95. The molecule has 0 bridgehead atoms. The third-order valence-electron chi connectivity index (χ3n) is 4.30. The van der Waals surface area contributed by atoms with E-state index in [-0.39, 0.29) is 11.8 Å². The monoisotopic (exact) mass is 326 g/mol. The minimum atomic E-state index is -0.731. The van der Waals surface area contributed by atoms with Crippen LogP contribution in [0.3, 0.4) is 0 Å². The molecule has 0 aliphatic carbocycles. The van der Waals surface area contributed by atoms with Crippen LogP contribution in [0.5, 0.6) is 0 Å². The van der Waals surface area contributed by atoms with E-state index in [1.807, 2.05) is 18.2 Å². The van der Waals surface area contributed by atoms with Gasteiger partial charge in [-0.3, -0.25) is 9.78 Å². The number of carboxylic acid groups (broad SMARTS) is 1. The fourth-order valence-electron chi connectivity index (χ4n) is 2.92. The summed E-state index contributed by atoms with van der Waals surface area (Å²) >= 11 is 0. The Hall–Kier alpha value is -2.50. The number of aromatic nitrogens is 3. The number of piperidine rings is 1. The number of rotatable bonds is 4. The van der Waals surface area contributed by atoms with Gasteiger partial charge in [-0.1, -0.05) is 13.8 Å². The van der Waals surface area contributed by atoms with Crippen molar-refractivity contribution < 1.29 is 9.90 Å². The van der Waals surface area contributed by atoms with Gasteiger partial charge in [-0.05, 0) is 25.0 Å². The van der Waals surface area contributed by atoms with Gasteiger partial charge in [0.15, 0.2) is 0 Å². The standard InChI is InChI=1S/C18H22N4O2/c1-12(2)17-20-15(13-5-3-7-19-10-13)9-16(21-17)22-8-4-6-14(11-22)18(23)24/h3,5,7,9-10,12,14H,4,6,8,11H2,1-2H3,(H,23,24). The summed E-state index contributed by atoms with van der Waals surface area (Å²) in [5.41, 5.74) is 1.77. The van der Waals surface area contributed by atoms with Gasteiger partial charge in [-0.25, -0.2) is 9.97 Å². The highest BCUT2D eigenvalue weighted by Gasteiger charge is 2.27. The summed E-state index contributed by atoms with van der Waals surface area (Å²) in [5, 5.41) is 9.31. The molecule has 6 nitrogen and oxygen atoms in total. The maximum Gasteiger partial charge on any atom is 0.308 e. The lowest BCUT2D eigenvalue weighted by molar-refractivity contribution is -0.141. The summed E-state index contributed by atoms with van der Waals surface area (Å²) in [7, 11) is 0. The smallest absolute Gasteiger partial charge is 0.308 e. The molecule has 6 heteroatoms. The van der Waals surface area contributed by atoms with Gasteiger partial charge in [-0.15, -0.1) is 0 Å². The topological polar surface area (TPSA) is 79.2 Å². The van der Waals surface area contributed by atoms with Crippen molar-refractivity contribution in [1.82, 2.24) is 15.0 Å². The zero-order chi connectivity index (χ0) is 17.1. The van der Waals surface area contributed by atoms with E-state index in [9.17, 15) is 9.90 Å². The highest BCUT2D eigenvalue weighted by molar-refractivity contribution is 5.71. The van der Waals surface area contributed by atoms with Gasteiger partial charge < -0.3 is 10.0 Å². The van der Waals surface area contributed by atoms with Crippen molar-refractivity contribution in [1.29, 1.82) is 0 Å². The number of hydrogen-bond donors (Lipinski definition) is 1. The van der Waals surface area contributed by atoms with Gasteiger partial charge in [0.25, 0.3) is 0 Å². The molecule has 1 aliphatic heterocycles. The van der Waals surface area contributed by atoms with Crippen molar-refractivity contribution in [2.75, 3.05) is 18.0 Å². The average molecular weight is 326 g/mol. The largest absolute Gasteiger partial charge is 0.481 e. The Bertz CT molecular complexity index is 718. The Labute approximate surface area is 141 Å². The second-order valence-electron chi connectivity index (χ2n) is 6.49. The third-order valence-corrected chi connectivity index (χ3v) is 4.30. The molecule has 2 aromatic heterocycles. The Morgan fingerprint density at radius 3 is 2.88 bits per heavy atom. The minimum absolute atomic E-state index is 0.195. The Balaban J connectivity index is 1.98. The van der Waals surface area contributed by atoms with Crippen molar-refractivity contribution in [2.24, 2.45) is 5.92 Å². The Morgan fingerprint density at radius 1 is 1.38 bits per heavy atom. The maximum atomic E-state index is 11.3. The van der Waals surface area contributed by atoms with Crippen LogP contribution in [0.15, 0.2) is 30.6 Å². The summed E-state index contributed by atoms with van der Waals surface area (Å²) in [6.07, 6.45) is 5.10. The molecule has 1 saturated heterocycles. The molecule has 0 aromatic carbocycles. The lowest BCUT2D eigenvalue weighted by Gasteiger charge is -2.32. The van der Waals surface area contributed by atoms with Crippen molar-refractivity contribution >= 4 is 11.8 Å². The van der Waals surface area contributed by atoms with Crippen LogP contribution in [0, 0.1) is 5.92 Å². The molecule has 1 atom stereocenters. The SMILES string of the molecule is CC(C)c1nc(-c2cccnc2)cc(N2CCCC(C(=O)O)C2)n1. The molecule has 3 heterocycles. The molecule has 1 N–H and O–H groups in total. The molecule has 2 aromatic rings. The summed E-state index contributed by atoms with van der Waals surface area (Å²) in [5.74, 6) is 0.700. The molecule has 0 amide bonds. The molecule has 126 valence electrons. The highest BCUT2D eigenvalue weighted by Crippen LogP contribution is 2.27. The maximum absolute atomic E-state index is 11.3. The van der Waals surface area contributed by atoms with Crippen LogP contribution in [0.25, 0.3) is 11.3 Å². The first-order chi connectivity index (χ1) is 11.5. The van der Waals surface area contributed by atoms with Crippen LogP contribution in [-0.4, -0.2) is 39.1 Å². The number of aliphatic carboxylic acids is 1. The number of anilines is 1. The van der Waals surface area contributed by atoms with Crippen LogP contribution in [-0.2, 0) is 4.79 Å². The van der Waals surface area contributed by atoms with Crippen molar-refractivity contribution in [2.45, 2.75) is 32.6 Å². The van der Waals surface area contributed by atoms with E-state index in [1.165, 1.54) is 0 Å². The number of hydrogen-bond acceptors (Lipinski definition) is 5. The predicted molar refractivity (Wildman–Crippen MR) is 91.9 cm³/mol. The van der Waals surface area contributed by atoms with E-state index >= 15 is 0 Å². The molecule has 1 aliphatic rings. The Kier molecular flexibility index (Phi) is 4.74. The lowest BCUT2D eigenvalue weighted by atomic mass is 9.98. The number of pyridine rings is 1. The molecular formula is C18H22N4O2. The van der Waals surface area contributed by atoms with E-state index in [4.69, 9.17) is 0 Å². The minimum Gasteiger partial charge on any atom is -0.481 e. The van der Waals surface area contributed by atoms with Gasteiger partial charge in [0.1, 0.15) is 11.6 Å². The van der Waals surface area contributed by atoms with E-state index in [0.717, 1.165) is 42.3 Å². The lowest BCUT2D eigenvalue weighted by Crippen LogP contribution is -2.39. The van der Waals surface area contributed by atoms with Crippen molar-refractivity contribution in [3.05, 3.63) is 36.4 Å². The summed E-state index contributed by atoms with van der Waals surface area (Å²) in [6, 6.07) is 5.79. The first-order valence-electron chi connectivity index (χ1n) is 8.31. The molecule has 0 spiro atoms. The van der Waals surface area contributed by atoms with Gasteiger partial charge in [0, 0.05) is 43.0 Å². The third kappa shape index (κ3) is 3.53. The van der Waals surface area contributed by atoms with E-state index in [2.05, 4.69) is 33.7 Å². The molecular weight excluding hydrogens is 304 g/mol. The van der Waals surface area contributed by atoms with E-state index in [0.29, 0.717) is 6.54 Å². The summed E-state index contributed by atoms with van der Waals surface area (Å²) in [6.45, 7) is 5.44. The van der Waals surface area contributed by atoms with E-state index in [1.54, 1.807) is 12.4 Å². The molecule has 0 saturated carbocycles. The average Bonchev–Trinajstić information content (AvgIpc) is 2.62. The van der Waals surface area contributed by atoms with Crippen LogP contribution in [0.4, 0.5) is 5.82 Å². The number of nitrogens with zero attached hydrogens (tertiary/aromatic N) is 4. The quantitative estimate of drug-likeness (QED) is 0.930. The van der Waals surface area contributed by atoms with Gasteiger partial charge in [-0.2, -0.15) is 0 Å². The number of carbonyl (C=O) groups is 1. The molecule has 24 heavy (non-hydrogen) atoms. The highest BCUT2D eigenvalue weighted by atomic mass is 16.4. The normalized spacial score (nSPS) is 18.0. The molecule has 0 radical (unpaired) electrons. The molecule has 1 unspecified atom stereocenters. The summed E-state index contributed by atoms with van der Waals surface area (Å²) in [4.78, 5) is 26.9. The first kappa shape index (κ1) is 16.4. The van der Waals surface area contributed by atoms with E-state index < -0.39 is 5.97 Å². The van der Waals surface area contributed by atoms with Crippen LogP contribution in [0.1, 0.15) is 38.4 Å². The zero-order valence-electron chi connectivity index (χ0n) is 14.0. The molecule has 3 rings (SSSR count). The van der Waals surface area contributed by atoms with Crippen LogP contribution < -0.4 is 4.90 Å². The fraction of sp³-hybridized carbons (Fsp3) is 0.444. The Morgan fingerprint density at radius 2 is 2.21 bits per heavy atom. The van der Waals surface area contributed by atoms with Crippen LogP contribution in [0.2, 0.25) is 0 Å². The van der Waals surface area contributed by atoms with Gasteiger partial charge in [0.05, 0.1) is 11.6 Å². The zero-order valence-corrected chi connectivity index (χ0v) is 14.0. The summed E-state index contributed by atoms with van der Waals surface area (Å²) < 4.78 is 0. The van der Waals surface area contributed by atoms with Crippen LogP contribution >= 0.6 is 0 Å². The molecule has 1 fully saturated rings. The van der Waals surface area contributed by atoms with Crippen molar-refractivity contribution in [3.8, 4) is 11.3 Å². The fourth-order valence-corrected chi connectivity index (χ4v) is 2.92.